The molecule has 1 aliphatic rings. The molecule has 1 aromatic carbocycles. The van der Waals surface area contributed by atoms with Gasteiger partial charge in [-0.2, -0.15) is 0 Å². The van der Waals surface area contributed by atoms with E-state index in [-0.39, 0.29) is 0 Å². The van der Waals surface area contributed by atoms with Gasteiger partial charge in [0, 0.05) is 22.2 Å². The average Bonchev–Trinajstić information content (AvgIpc) is 3.11. The maximum atomic E-state index is 10.9. The number of hydrogen-bond donors (Lipinski definition) is 1. The van der Waals surface area contributed by atoms with Gasteiger partial charge >= 0.3 is 5.97 Å². The number of carboxylic acid groups (broad SMARTS) is 1. The number of rotatable bonds is 5. The zero-order valence-corrected chi connectivity index (χ0v) is 12.5. The first-order valence-electron chi connectivity index (χ1n) is 6.88. The first-order chi connectivity index (χ1) is 10.2. The average molecular weight is 304 g/mol. The summed E-state index contributed by atoms with van der Waals surface area (Å²) in [5.74, 6) is 0.380. The topological polar surface area (TPSA) is 55.8 Å². The van der Waals surface area contributed by atoms with Crippen LogP contribution in [0.4, 0.5) is 0 Å². The van der Waals surface area contributed by atoms with E-state index in [1.165, 1.54) is 9.75 Å². The molecule has 0 radical (unpaired) electrons. The number of benzene rings is 1. The van der Waals surface area contributed by atoms with Crippen LogP contribution in [0, 0.1) is 0 Å². The van der Waals surface area contributed by atoms with E-state index in [1.807, 2.05) is 12.1 Å². The van der Waals surface area contributed by atoms with Crippen LogP contribution in [0.15, 0.2) is 30.3 Å². The highest BCUT2D eigenvalue weighted by molar-refractivity contribution is 7.11. The molecule has 3 rings (SSSR count). The van der Waals surface area contributed by atoms with Crippen molar-refractivity contribution in [3.05, 3.63) is 45.6 Å². The number of carbonyl (C=O) groups is 1. The Morgan fingerprint density at radius 2 is 2.19 bits per heavy atom. The lowest BCUT2D eigenvalue weighted by Crippen LogP contribution is -2.24. The van der Waals surface area contributed by atoms with E-state index in [1.54, 1.807) is 17.4 Å². The lowest BCUT2D eigenvalue weighted by Gasteiger charge is -2.07. The highest BCUT2D eigenvalue weighted by Crippen LogP contribution is 2.33. The second-order valence-corrected chi connectivity index (χ2v) is 6.18. The Bertz CT molecular complexity index is 662. The Kier molecular flexibility index (Phi) is 3.84. The van der Waals surface area contributed by atoms with Crippen molar-refractivity contribution in [1.82, 2.24) is 0 Å². The summed E-state index contributed by atoms with van der Waals surface area (Å²) >= 11 is 1.75. The van der Waals surface area contributed by atoms with Crippen molar-refractivity contribution < 1.29 is 19.4 Å². The highest BCUT2D eigenvalue weighted by Gasteiger charge is 2.28. The van der Waals surface area contributed by atoms with Gasteiger partial charge in [0.05, 0.1) is 0 Å². The maximum Gasteiger partial charge on any atom is 0.345 e. The number of hydrogen-bond acceptors (Lipinski definition) is 4. The van der Waals surface area contributed by atoms with Crippen molar-refractivity contribution in [2.24, 2.45) is 0 Å². The van der Waals surface area contributed by atoms with E-state index < -0.39 is 12.1 Å². The van der Waals surface area contributed by atoms with Crippen LogP contribution in [0.3, 0.4) is 0 Å². The number of thiophene rings is 1. The van der Waals surface area contributed by atoms with Gasteiger partial charge < -0.3 is 14.6 Å². The molecule has 0 saturated carbocycles. The molecular formula is C16H16O4S. The molecule has 1 atom stereocenters. The second-order valence-electron chi connectivity index (χ2n) is 4.93. The quantitative estimate of drug-likeness (QED) is 0.921. The fourth-order valence-corrected chi connectivity index (χ4v) is 3.15. The fourth-order valence-electron chi connectivity index (χ4n) is 2.28. The van der Waals surface area contributed by atoms with Gasteiger partial charge in [-0.15, -0.1) is 11.3 Å². The van der Waals surface area contributed by atoms with Gasteiger partial charge in [-0.05, 0) is 30.2 Å². The monoisotopic (exact) mass is 304 g/mol. The molecule has 110 valence electrons. The van der Waals surface area contributed by atoms with E-state index in [0.717, 1.165) is 12.0 Å². The third-order valence-electron chi connectivity index (χ3n) is 3.44. The lowest BCUT2D eigenvalue weighted by atomic mass is 10.1. The van der Waals surface area contributed by atoms with Crippen LogP contribution >= 0.6 is 11.3 Å². The van der Waals surface area contributed by atoms with Crippen LogP contribution in [-0.4, -0.2) is 17.2 Å². The van der Waals surface area contributed by atoms with Crippen molar-refractivity contribution in [1.29, 1.82) is 0 Å². The van der Waals surface area contributed by atoms with Gasteiger partial charge in [0.2, 0.25) is 0 Å². The predicted octanol–water partition coefficient (Wildman–Crippen LogP) is 3.28. The third kappa shape index (κ3) is 3.03. The van der Waals surface area contributed by atoms with Crippen LogP contribution in [0.5, 0.6) is 11.5 Å². The molecule has 2 aromatic rings. The van der Waals surface area contributed by atoms with Gasteiger partial charge in [-0.3, -0.25) is 0 Å². The number of carboxylic acids is 1. The molecule has 4 nitrogen and oxygen atoms in total. The van der Waals surface area contributed by atoms with Crippen LogP contribution in [0.1, 0.15) is 22.2 Å². The van der Waals surface area contributed by atoms with Crippen molar-refractivity contribution in [2.45, 2.75) is 32.5 Å². The van der Waals surface area contributed by atoms with Crippen molar-refractivity contribution >= 4 is 17.3 Å². The number of ether oxygens (including phenoxy) is 2. The molecule has 1 unspecified atom stereocenters. The number of fused-ring (bicyclic) bond motifs is 1. The van der Waals surface area contributed by atoms with E-state index in [0.29, 0.717) is 24.5 Å². The second kappa shape index (κ2) is 5.77. The number of aliphatic carboxylic acids is 1. The SMILES string of the molecule is CCc1ccc(COc2ccc3c(c2)OC(C(=O)O)C3)s1. The van der Waals surface area contributed by atoms with Crippen molar-refractivity contribution in [3.8, 4) is 11.5 Å². The Balaban J connectivity index is 1.65. The van der Waals surface area contributed by atoms with Gasteiger partial charge in [0.15, 0.2) is 6.10 Å². The van der Waals surface area contributed by atoms with Crippen LogP contribution in [0.25, 0.3) is 0 Å². The lowest BCUT2D eigenvalue weighted by molar-refractivity contribution is -0.144. The summed E-state index contributed by atoms with van der Waals surface area (Å²) in [6.45, 7) is 2.65. The zero-order valence-electron chi connectivity index (χ0n) is 11.7. The maximum absolute atomic E-state index is 10.9. The minimum Gasteiger partial charge on any atom is -0.488 e. The molecule has 0 bridgehead atoms. The van der Waals surface area contributed by atoms with E-state index in [9.17, 15) is 4.79 Å². The Morgan fingerprint density at radius 3 is 2.90 bits per heavy atom. The van der Waals surface area contributed by atoms with E-state index >= 15 is 0 Å². The van der Waals surface area contributed by atoms with Crippen molar-refractivity contribution in [3.63, 3.8) is 0 Å². The molecule has 2 heterocycles. The summed E-state index contributed by atoms with van der Waals surface area (Å²) < 4.78 is 11.2. The van der Waals surface area contributed by atoms with Crippen LogP contribution in [-0.2, 0) is 24.2 Å². The Labute approximate surface area is 126 Å². The molecule has 0 amide bonds. The molecule has 5 heteroatoms. The summed E-state index contributed by atoms with van der Waals surface area (Å²) in [7, 11) is 0. The summed E-state index contributed by atoms with van der Waals surface area (Å²) in [6.07, 6.45) is 0.670. The molecule has 21 heavy (non-hydrogen) atoms. The smallest absolute Gasteiger partial charge is 0.345 e. The summed E-state index contributed by atoms with van der Waals surface area (Å²) in [6, 6.07) is 9.70. The molecule has 1 N–H and O–H groups in total. The van der Waals surface area contributed by atoms with Crippen LogP contribution in [0.2, 0.25) is 0 Å². The Hall–Kier alpha value is -2.01. The van der Waals surface area contributed by atoms with E-state index in [2.05, 4.69) is 19.1 Å². The molecule has 0 spiro atoms. The summed E-state index contributed by atoms with van der Waals surface area (Å²) in [4.78, 5) is 13.5. The normalized spacial score (nSPS) is 16.3. The largest absolute Gasteiger partial charge is 0.488 e. The summed E-state index contributed by atoms with van der Waals surface area (Å²) in [5.41, 5.74) is 0.916. The van der Waals surface area contributed by atoms with Gasteiger partial charge in [-0.25, -0.2) is 4.79 Å². The molecule has 0 aliphatic carbocycles. The van der Waals surface area contributed by atoms with Gasteiger partial charge in [-0.1, -0.05) is 13.0 Å². The standard InChI is InChI=1S/C16H16O4S/c1-2-12-5-6-13(21-12)9-19-11-4-3-10-7-15(16(17)18)20-14(10)8-11/h3-6,8,15H,2,7,9H2,1H3,(H,17,18). The minimum atomic E-state index is -0.931. The number of aryl methyl sites for hydroxylation is 1. The zero-order chi connectivity index (χ0) is 14.8. The fraction of sp³-hybridized carbons (Fsp3) is 0.312. The molecule has 1 aliphatic heterocycles. The van der Waals surface area contributed by atoms with E-state index in [4.69, 9.17) is 14.6 Å². The minimum absolute atomic E-state index is 0.412. The van der Waals surface area contributed by atoms with Crippen LogP contribution < -0.4 is 9.47 Å². The van der Waals surface area contributed by atoms with Gasteiger partial charge in [0.1, 0.15) is 18.1 Å². The first-order valence-corrected chi connectivity index (χ1v) is 7.70. The molecule has 0 saturated heterocycles. The highest BCUT2D eigenvalue weighted by atomic mass is 32.1. The predicted molar refractivity (Wildman–Crippen MR) is 80.2 cm³/mol. The molecule has 1 aromatic heterocycles. The summed E-state index contributed by atoms with van der Waals surface area (Å²) in [5, 5.41) is 8.98. The van der Waals surface area contributed by atoms with Crippen molar-refractivity contribution in [2.75, 3.05) is 0 Å². The molecule has 0 fully saturated rings. The molecular weight excluding hydrogens is 288 g/mol. The first kappa shape index (κ1) is 13.9. The van der Waals surface area contributed by atoms with Gasteiger partial charge in [0.25, 0.3) is 0 Å². The third-order valence-corrected chi connectivity index (χ3v) is 4.64. The Morgan fingerprint density at radius 1 is 1.38 bits per heavy atom.